The van der Waals surface area contributed by atoms with Gasteiger partial charge < -0.3 is 4.90 Å². The molecular formula is C15H18N2OS. The third kappa shape index (κ3) is 3.26. The summed E-state index contributed by atoms with van der Waals surface area (Å²) in [5.74, 6) is -0.132. The average Bonchev–Trinajstić information content (AvgIpc) is 2.75. The van der Waals surface area contributed by atoms with Gasteiger partial charge in [0.1, 0.15) is 0 Å². The van der Waals surface area contributed by atoms with Gasteiger partial charge in [0, 0.05) is 13.1 Å². The van der Waals surface area contributed by atoms with Crippen molar-refractivity contribution in [2.24, 2.45) is 4.99 Å². The third-order valence-electron chi connectivity index (χ3n) is 3.02. The van der Waals surface area contributed by atoms with Crippen LogP contribution in [0.5, 0.6) is 0 Å². The quantitative estimate of drug-likeness (QED) is 0.793. The lowest BCUT2D eigenvalue weighted by Crippen LogP contribution is -2.26. The number of carbonyl (C=O) groups excluding carboxylic acids is 1. The van der Waals surface area contributed by atoms with Crippen LogP contribution in [0.3, 0.4) is 0 Å². The van der Waals surface area contributed by atoms with Crippen LogP contribution >= 0.6 is 11.8 Å². The van der Waals surface area contributed by atoms with Crippen LogP contribution in [0, 0.1) is 6.92 Å². The predicted molar refractivity (Wildman–Crippen MR) is 82.1 cm³/mol. The van der Waals surface area contributed by atoms with Gasteiger partial charge in [-0.05, 0) is 44.2 Å². The van der Waals surface area contributed by atoms with E-state index in [1.54, 1.807) is 0 Å². The van der Waals surface area contributed by atoms with Crippen LogP contribution in [0.25, 0.3) is 6.08 Å². The fraction of sp³-hybridized carbons (Fsp3) is 0.333. The van der Waals surface area contributed by atoms with E-state index in [1.165, 1.54) is 17.3 Å². The monoisotopic (exact) mass is 274 g/mol. The molecule has 1 aromatic rings. The fourth-order valence-corrected chi connectivity index (χ4v) is 2.88. The maximum Gasteiger partial charge on any atom is 0.286 e. The Labute approximate surface area is 118 Å². The number of rotatable bonds is 3. The summed E-state index contributed by atoms with van der Waals surface area (Å²) in [6.07, 6.45) is 1.91. The molecule has 0 saturated carbocycles. The molecule has 100 valence electrons. The number of carbonyl (C=O) groups is 1. The standard InChI is InChI=1S/C15H18N2OS/c1-4-17(5-2)15-16-14(18)13(19-15)10-12-8-6-11(3)7-9-12/h6-10H,4-5H2,1-3H3/b13-10-. The molecule has 1 heterocycles. The molecule has 3 nitrogen and oxygen atoms in total. The molecule has 0 aromatic heterocycles. The van der Waals surface area contributed by atoms with E-state index < -0.39 is 0 Å². The van der Waals surface area contributed by atoms with Crippen LogP contribution in [0.2, 0.25) is 0 Å². The summed E-state index contributed by atoms with van der Waals surface area (Å²) in [7, 11) is 0. The summed E-state index contributed by atoms with van der Waals surface area (Å²) >= 11 is 1.46. The fourth-order valence-electron chi connectivity index (χ4n) is 1.84. The number of benzene rings is 1. The maximum absolute atomic E-state index is 11.9. The van der Waals surface area contributed by atoms with Crippen LogP contribution in [0.4, 0.5) is 0 Å². The van der Waals surface area contributed by atoms with Gasteiger partial charge in [-0.1, -0.05) is 29.8 Å². The molecular weight excluding hydrogens is 256 g/mol. The summed E-state index contributed by atoms with van der Waals surface area (Å²) in [6, 6.07) is 8.13. The molecule has 1 amide bonds. The number of thioether (sulfide) groups is 1. The van der Waals surface area contributed by atoms with Crippen molar-refractivity contribution >= 4 is 28.9 Å². The zero-order chi connectivity index (χ0) is 13.8. The second kappa shape index (κ2) is 6.06. The number of hydrogen-bond donors (Lipinski definition) is 0. The second-order valence-electron chi connectivity index (χ2n) is 4.39. The number of amides is 1. The van der Waals surface area contributed by atoms with Crippen LogP contribution in [0.15, 0.2) is 34.2 Å². The van der Waals surface area contributed by atoms with E-state index in [2.05, 4.69) is 23.7 Å². The van der Waals surface area contributed by atoms with Gasteiger partial charge in [-0.2, -0.15) is 4.99 Å². The van der Waals surface area contributed by atoms with Crippen molar-refractivity contribution in [2.45, 2.75) is 20.8 Å². The number of amidine groups is 1. The van der Waals surface area contributed by atoms with Gasteiger partial charge in [-0.3, -0.25) is 4.79 Å². The van der Waals surface area contributed by atoms with Gasteiger partial charge in [-0.15, -0.1) is 0 Å². The Balaban J connectivity index is 2.17. The van der Waals surface area contributed by atoms with Crippen molar-refractivity contribution in [3.05, 3.63) is 40.3 Å². The first-order chi connectivity index (χ1) is 9.13. The smallest absolute Gasteiger partial charge is 0.286 e. The molecule has 0 aliphatic carbocycles. The highest BCUT2D eigenvalue weighted by molar-refractivity contribution is 8.18. The molecule has 0 saturated heterocycles. The minimum Gasteiger partial charge on any atom is -0.351 e. The molecule has 1 aliphatic rings. The van der Waals surface area contributed by atoms with Gasteiger partial charge >= 0.3 is 0 Å². The Morgan fingerprint density at radius 2 is 1.84 bits per heavy atom. The number of aryl methyl sites for hydroxylation is 1. The Bertz CT molecular complexity index is 528. The molecule has 0 spiro atoms. The Hall–Kier alpha value is -1.55. The van der Waals surface area contributed by atoms with E-state index in [9.17, 15) is 4.79 Å². The highest BCUT2D eigenvalue weighted by Gasteiger charge is 2.24. The summed E-state index contributed by atoms with van der Waals surface area (Å²) in [6.45, 7) is 7.92. The SMILES string of the molecule is CCN(CC)C1=NC(=O)/C(=C/c2ccc(C)cc2)S1. The van der Waals surface area contributed by atoms with Gasteiger partial charge in [0.2, 0.25) is 0 Å². The number of nitrogens with zero attached hydrogens (tertiary/aromatic N) is 2. The van der Waals surface area contributed by atoms with Crippen molar-refractivity contribution in [1.82, 2.24) is 4.90 Å². The molecule has 0 bridgehead atoms. The minimum atomic E-state index is -0.132. The van der Waals surface area contributed by atoms with Crippen molar-refractivity contribution in [3.8, 4) is 0 Å². The molecule has 19 heavy (non-hydrogen) atoms. The molecule has 0 fully saturated rings. The molecule has 0 atom stereocenters. The van der Waals surface area contributed by atoms with E-state index in [1.807, 2.05) is 37.3 Å². The van der Waals surface area contributed by atoms with Crippen molar-refractivity contribution in [3.63, 3.8) is 0 Å². The Kier molecular flexibility index (Phi) is 4.43. The van der Waals surface area contributed by atoms with Crippen LogP contribution < -0.4 is 0 Å². The molecule has 0 radical (unpaired) electrons. The highest BCUT2D eigenvalue weighted by Crippen LogP contribution is 2.30. The van der Waals surface area contributed by atoms with Gasteiger partial charge in [0.25, 0.3) is 5.91 Å². The molecule has 0 unspecified atom stereocenters. The second-order valence-corrected chi connectivity index (χ2v) is 5.40. The van der Waals surface area contributed by atoms with Gasteiger partial charge in [0.15, 0.2) is 5.17 Å². The van der Waals surface area contributed by atoms with E-state index >= 15 is 0 Å². The Morgan fingerprint density at radius 1 is 1.21 bits per heavy atom. The summed E-state index contributed by atoms with van der Waals surface area (Å²) in [4.78, 5) is 18.8. The molecule has 2 rings (SSSR count). The Morgan fingerprint density at radius 3 is 2.42 bits per heavy atom. The van der Waals surface area contributed by atoms with Crippen LogP contribution in [0.1, 0.15) is 25.0 Å². The van der Waals surface area contributed by atoms with E-state index in [4.69, 9.17) is 0 Å². The largest absolute Gasteiger partial charge is 0.351 e. The maximum atomic E-state index is 11.9. The predicted octanol–water partition coefficient (Wildman–Crippen LogP) is 3.31. The zero-order valence-corrected chi connectivity index (χ0v) is 12.3. The number of hydrogen-bond acceptors (Lipinski definition) is 3. The lowest BCUT2D eigenvalue weighted by Gasteiger charge is -2.18. The first-order valence-electron chi connectivity index (χ1n) is 6.48. The third-order valence-corrected chi connectivity index (χ3v) is 4.06. The lowest BCUT2D eigenvalue weighted by molar-refractivity contribution is -0.113. The van der Waals surface area contributed by atoms with Crippen molar-refractivity contribution in [1.29, 1.82) is 0 Å². The van der Waals surface area contributed by atoms with Gasteiger partial charge in [0.05, 0.1) is 4.91 Å². The molecule has 1 aliphatic heterocycles. The summed E-state index contributed by atoms with van der Waals surface area (Å²) < 4.78 is 0. The van der Waals surface area contributed by atoms with E-state index in [0.29, 0.717) is 4.91 Å². The van der Waals surface area contributed by atoms with E-state index in [-0.39, 0.29) is 5.91 Å². The lowest BCUT2D eigenvalue weighted by atomic mass is 10.1. The molecule has 4 heteroatoms. The highest BCUT2D eigenvalue weighted by atomic mass is 32.2. The van der Waals surface area contributed by atoms with Crippen LogP contribution in [-0.4, -0.2) is 29.1 Å². The minimum absolute atomic E-state index is 0.132. The topological polar surface area (TPSA) is 32.7 Å². The first kappa shape index (κ1) is 13.9. The zero-order valence-electron chi connectivity index (χ0n) is 11.5. The summed E-state index contributed by atoms with van der Waals surface area (Å²) in [5.41, 5.74) is 2.25. The summed E-state index contributed by atoms with van der Waals surface area (Å²) in [5, 5.41) is 0.813. The van der Waals surface area contributed by atoms with Gasteiger partial charge in [-0.25, -0.2) is 0 Å². The molecule has 1 aromatic carbocycles. The molecule has 0 N–H and O–H groups in total. The van der Waals surface area contributed by atoms with Crippen molar-refractivity contribution < 1.29 is 4.79 Å². The first-order valence-corrected chi connectivity index (χ1v) is 7.30. The average molecular weight is 274 g/mol. The van der Waals surface area contributed by atoms with Crippen LogP contribution in [-0.2, 0) is 4.79 Å². The van der Waals surface area contributed by atoms with Crippen molar-refractivity contribution in [2.75, 3.05) is 13.1 Å². The number of aliphatic imine (C=N–C) groups is 1. The van der Waals surface area contributed by atoms with E-state index in [0.717, 1.165) is 23.8 Å². The normalized spacial score (nSPS) is 16.9.